The molecule has 2 aromatic heterocycles. The standard InChI is InChI=1S/C20H20N6O2S2/c1-14-9-15(11-16(10-14)30(27,28)26-7-5-25(2)6-8-26)20-22-4-3-17(24-20)19-18(12-21)29-13-23-19/h3-4,9-11,13H,5-8H2,1-2H3. The van der Waals surface area contributed by atoms with Gasteiger partial charge in [-0.3, -0.25) is 0 Å². The van der Waals surface area contributed by atoms with Crippen molar-refractivity contribution in [2.24, 2.45) is 0 Å². The minimum atomic E-state index is -3.61. The molecule has 8 nitrogen and oxygen atoms in total. The summed E-state index contributed by atoms with van der Waals surface area (Å²) in [5.74, 6) is 0.392. The lowest BCUT2D eigenvalue weighted by molar-refractivity contribution is 0.222. The summed E-state index contributed by atoms with van der Waals surface area (Å²) in [6.07, 6.45) is 1.59. The molecule has 1 aromatic carbocycles. The molecule has 1 aliphatic heterocycles. The normalized spacial score (nSPS) is 15.8. The molecule has 3 heterocycles. The number of likely N-dealkylation sites (N-methyl/N-ethyl adjacent to an activating group) is 1. The van der Waals surface area contributed by atoms with E-state index in [4.69, 9.17) is 0 Å². The van der Waals surface area contributed by atoms with Gasteiger partial charge in [-0.25, -0.2) is 23.4 Å². The molecule has 0 unspecified atom stereocenters. The summed E-state index contributed by atoms with van der Waals surface area (Å²) in [4.78, 5) is 15.9. The molecule has 4 rings (SSSR count). The summed E-state index contributed by atoms with van der Waals surface area (Å²) in [6.45, 7) is 4.20. The summed E-state index contributed by atoms with van der Waals surface area (Å²) < 4.78 is 27.9. The Bertz CT molecular complexity index is 1220. The summed E-state index contributed by atoms with van der Waals surface area (Å²) >= 11 is 1.25. The maximum Gasteiger partial charge on any atom is 0.243 e. The molecule has 0 amide bonds. The number of aryl methyl sites for hydroxylation is 1. The molecule has 0 saturated carbocycles. The second kappa shape index (κ2) is 8.20. The molecule has 0 N–H and O–H groups in total. The highest BCUT2D eigenvalue weighted by molar-refractivity contribution is 7.89. The summed E-state index contributed by atoms with van der Waals surface area (Å²) in [7, 11) is -1.62. The van der Waals surface area contributed by atoms with E-state index >= 15 is 0 Å². The van der Waals surface area contributed by atoms with Crippen LogP contribution >= 0.6 is 11.3 Å². The zero-order valence-corrected chi connectivity index (χ0v) is 18.2. The molecule has 0 radical (unpaired) electrons. The van der Waals surface area contributed by atoms with Gasteiger partial charge in [0, 0.05) is 37.9 Å². The Morgan fingerprint density at radius 2 is 1.90 bits per heavy atom. The fourth-order valence-corrected chi connectivity index (χ4v) is 5.48. The van der Waals surface area contributed by atoms with Crippen molar-refractivity contribution >= 4 is 21.4 Å². The van der Waals surface area contributed by atoms with E-state index in [1.807, 2.05) is 20.0 Å². The van der Waals surface area contributed by atoms with Crippen LogP contribution in [0.1, 0.15) is 10.4 Å². The van der Waals surface area contributed by atoms with Crippen molar-refractivity contribution in [2.75, 3.05) is 33.2 Å². The highest BCUT2D eigenvalue weighted by Crippen LogP contribution is 2.28. The largest absolute Gasteiger partial charge is 0.304 e. The Labute approximate surface area is 179 Å². The highest BCUT2D eigenvalue weighted by Gasteiger charge is 2.28. The third kappa shape index (κ3) is 3.97. The first kappa shape index (κ1) is 20.6. The lowest BCUT2D eigenvalue weighted by Crippen LogP contribution is -2.47. The number of hydrogen-bond donors (Lipinski definition) is 0. The van der Waals surface area contributed by atoms with Gasteiger partial charge in [0.2, 0.25) is 10.0 Å². The van der Waals surface area contributed by atoms with Crippen LogP contribution in [0.4, 0.5) is 0 Å². The van der Waals surface area contributed by atoms with Gasteiger partial charge in [-0.1, -0.05) is 0 Å². The van der Waals surface area contributed by atoms with Gasteiger partial charge in [0.05, 0.1) is 16.1 Å². The van der Waals surface area contributed by atoms with Gasteiger partial charge in [0.25, 0.3) is 0 Å². The number of thiazole rings is 1. The van der Waals surface area contributed by atoms with Crippen molar-refractivity contribution in [3.05, 3.63) is 46.4 Å². The van der Waals surface area contributed by atoms with Crippen LogP contribution in [0.25, 0.3) is 22.8 Å². The third-order valence-corrected chi connectivity index (χ3v) is 7.58. The average Bonchev–Trinajstić information content (AvgIpc) is 3.23. The molecule has 0 spiro atoms. The Kier molecular flexibility index (Phi) is 5.62. The monoisotopic (exact) mass is 440 g/mol. The molecule has 3 aromatic rings. The van der Waals surface area contributed by atoms with E-state index in [1.165, 1.54) is 15.6 Å². The number of nitrogens with zero attached hydrogens (tertiary/aromatic N) is 6. The van der Waals surface area contributed by atoms with E-state index in [9.17, 15) is 13.7 Å². The third-order valence-electron chi connectivity index (χ3n) is 4.98. The van der Waals surface area contributed by atoms with Crippen molar-refractivity contribution in [1.29, 1.82) is 5.26 Å². The van der Waals surface area contributed by atoms with Gasteiger partial charge < -0.3 is 4.90 Å². The highest BCUT2D eigenvalue weighted by atomic mass is 32.2. The van der Waals surface area contributed by atoms with Crippen LogP contribution in [0.15, 0.2) is 40.9 Å². The first-order chi connectivity index (χ1) is 14.4. The summed E-state index contributed by atoms with van der Waals surface area (Å²) in [6, 6.07) is 8.96. The number of sulfonamides is 1. The fraction of sp³-hybridized carbons (Fsp3) is 0.300. The van der Waals surface area contributed by atoms with E-state index in [-0.39, 0.29) is 4.90 Å². The van der Waals surface area contributed by atoms with Gasteiger partial charge in [0.15, 0.2) is 5.82 Å². The van der Waals surface area contributed by atoms with Crippen LogP contribution < -0.4 is 0 Å². The molecule has 1 saturated heterocycles. The smallest absolute Gasteiger partial charge is 0.243 e. The first-order valence-corrected chi connectivity index (χ1v) is 11.7. The van der Waals surface area contributed by atoms with Crippen molar-refractivity contribution < 1.29 is 8.42 Å². The maximum atomic E-state index is 13.2. The number of benzene rings is 1. The van der Waals surface area contributed by atoms with E-state index in [2.05, 4.69) is 25.9 Å². The molecular formula is C20H20N6O2S2. The van der Waals surface area contributed by atoms with E-state index in [1.54, 1.807) is 29.9 Å². The number of rotatable bonds is 4. The Morgan fingerprint density at radius 1 is 1.13 bits per heavy atom. The van der Waals surface area contributed by atoms with Crippen molar-refractivity contribution in [1.82, 2.24) is 24.2 Å². The maximum absolute atomic E-state index is 13.2. The molecule has 10 heteroatoms. The van der Waals surface area contributed by atoms with Crippen molar-refractivity contribution in [2.45, 2.75) is 11.8 Å². The first-order valence-electron chi connectivity index (χ1n) is 9.36. The molecule has 0 aliphatic carbocycles. The van der Waals surface area contributed by atoms with Gasteiger partial charge >= 0.3 is 0 Å². The Balaban J connectivity index is 1.73. The zero-order valence-electron chi connectivity index (χ0n) is 16.6. The predicted octanol–water partition coefficient (Wildman–Crippen LogP) is 2.38. The topological polar surface area (TPSA) is 103 Å². The summed E-state index contributed by atoms with van der Waals surface area (Å²) in [5.41, 5.74) is 4.05. The molecular weight excluding hydrogens is 420 g/mol. The number of nitriles is 1. The zero-order chi connectivity index (χ0) is 21.3. The molecule has 0 atom stereocenters. The van der Waals surface area contributed by atoms with Crippen LogP contribution in [-0.2, 0) is 10.0 Å². The number of piperazine rings is 1. The Morgan fingerprint density at radius 3 is 2.63 bits per heavy atom. The van der Waals surface area contributed by atoms with Gasteiger partial charge in [0.1, 0.15) is 16.6 Å². The number of hydrogen-bond acceptors (Lipinski definition) is 8. The molecule has 0 bridgehead atoms. The lowest BCUT2D eigenvalue weighted by Gasteiger charge is -2.31. The summed E-state index contributed by atoms with van der Waals surface area (Å²) in [5, 5.41) is 9.26. The SMILES string of the molecule is Cc1cc(-c2nccc(-c3ncsc3C#N)n2)cc(S(=O)(=O)N2CCN(C)CC2)c1. The second-order valence-corrected chi connectivity index (χ2v) is 9.94. The molecule has 154 valence electrons. The molecule has 1 fully saturated rings. The van der Waals surface area contributed by atoms with Crippen molar-refractivity contribution in [3.8, 4) is 28.8 Å². The predicted molar refractivity (Wildman–Crippen MR) is 114 cm³/mol. The molecule has 1 aliphatic rings. The minimum Gasteiger partial charge on any atom is -0.304 e. The Hall–Kier alpha value is -2.71. The van der Waals surface area contributed by atoms with Crippen LogP contribution in [0.5, 0.6) is 0 Å². The van der Waals surface area contributed by atoms with Crippen molar-refractivity contribution in [3.63, 3.8) is 0 Å². The van der Waals surface area contributed by atoms with Gasteiger partial charge in [-0.2, -0.15) is 9.57 Å². The van der Waals surface area contributed by atoms with Gasteiger partial charge in [-0.15, -0.1) is 11.3 Å². The van der Waals surface area contributed by atoms with E-state index < -0.39 is 10.0 Å². The lowest BCUT2D eigenvalue weighted by atomic mass is 10.1. The molecule has 30 heavy (non-hydrogen) atoms. The van der Waals surface area contributed by atoms with Crippen LogP contribution in [0.3, 0.4) is 0 Å². The minimum absolute atomic E-state index is 0.238. The van der Waals surface area contributed by atoms with Gasteiger partial charge in [-0.05, 0) is 43.8 Å². The number of aromatic nitrogens is 3. The second-order valence-electron chi connectivity index (χ2n) is 7.15. The van der Waals surface area contributed by atoms with Crippen LogP contribution in [0.2, 0.25) is 0 Å². The van der Waals surface area contributed by atoms with Crippen LogP contribution in [-0.4, -0.2) is 65.8 Å². The van der Waals surface area contributed by atoms with E-state index in [0.29, 0.717) is 53.8 Å². The van der Waals surface area contributed by atoms with E-state index in [0.717, 1.165) is 5.56 Å². The quantitative estimate of drug-likeness (QED) is 0.614. The van der Waals surface area contributed by atoms with Crippen LogP contribution in [0, 0.1) is 18.3 Å². The average molecular weight is 441 g/mol. The fourth-order valence-electron chi connectivity index (χ4n) is 3.34.